The van der Waals surface area contributed by atoms with Gasteiger partial charge in [-0.1, -0.05) is 62.9 Å². The summed E-state index contributed by atoms with van der Waals surface area (Å²) < 4.78 is 6.80. The predicted octanol–water partition coefficient (Wildman–Crippen LogP) is 5.37. The molecule has 5 rings (SSSR count). The fraction of sp³-hybridized carbons (Fsp3) is 0.581. The number of aromatic nitrogens is 2. The van der Waals surface area contributed by atoms with E-state index >= 15 is 0 Å². The van der Waals surface area contributed by atoms with Crippen LogP contribution in [-0.4, -0.2) is 50.9 Å². The van der Waals surface area contributed by atoms with Crippen LogP contribution in [0.1, 0.15) is 70.2 Å². The number of nitrogens with zero attached hydrogens (tertiary/aromatic N) is 2. The lowest BCUT2D eigenvalue weighted by Gasteiger charge is -2.61. The van der Waals surface area contributed by atoms with Crippen LogP contribution in [0.4, 0.5) is 10.8 Å². The normalized spacial score (nSPS) is 35.9. The highest BCUT2D eigenvalue weighted by molar-refractivity contribution is 8.01. The van der Waals surface area contributed by atoms with Crippen LogP contribution >= 0.6 is 23.1 Å². The minimum absolute atomic E-state index is 0.00766. The molecule has 2 bridgehead atoms. The number of ether oxygens (including phenoxy) is 1. The first-order valence-corrected chi connectivity index (χ1v) is 16.3. The Bertz CT molecular complexity index is 1400. The number of amides is 1. The molecule has 0 radical (unpaired) electrons. The molecule has 1 aromatic carbocycles. The topological polar surface area (TPSA) is 144 Å². The monoisotopic (exact) mass is 612 g/mol. The van der Waals surface area contributed by atoms with E-state index in [9.17, 15) is 19.5 Å². The zero-order valence-electron chi connectivity index (χ0n) is 24.6. The second kappa shape index (κ2) is 11.4. The number of Topliss-reactive ketones (excluding diaryl/α,β-unsaturated/α-hetero) is 1. The Kier molecular flexibility index (Phi) is 8.32. The summed E-state index contributed by atoms with van der Waals surface area (Å²) in [5.74, 6) is -0.749. The van der Waals surface area contributed by atoms with E-state index in [2.05, 4.69) is 42.9 Å². The molecular formula is C31H40N4O5S2. The summed E-state index contributed by atoms with van der Waals surface area (Å²) in [7, 11) is 0. The minimum Gasteiger partial charge on any atom is -0.461 e. The number of esters is 1. The van der Waals surface area contributed by atoms with Crippen molar-refractivity contribution in [1.82, 2.24) is 10.2 Å². The van der Waals surface area contributed by atoms with Gasteiger partial charge in [0.25, 0.3) is 5.91 Å². The average Bonchev–Trinajstić information content (AvgIpc) is 3.56. The number of carbonyl (C=O) groups excluding carboxylic acids is 3. The molecule has 226 valence electrons. The Morgan fingerprint density at radius 1 is 1.29 bits per heavy atom. The van der Waals surface area contributed by atoms with Crippen LogP contribution in [-0.2, 0) is 14.3 Å². The highest BCUT2D eigenvalue weighted by atomic mass is 32.2. The minimum atomic E-state index is -0.709. The number of nitrogens with one attached hydrogen (secondary N) is 1. The number of hydrogen-bond donors (Lipinski definition) is 3. The molecule has 0 unspecified atom stereocenters. The van der Waals surface area contributed by atoms with Gasteiger partial charge in [0.2, 0.25) is 5.13 Å². The summed E-state index contributed by atoms with van der Waals surface area (Å²) in [5.41, 5.74) is 5.09. The molecule has 11 heteroatoms. The molecule has 42 heavy (non-hydrogen) atoms. The van der Waals surface area contributed by atoms with Gasteiger partial charge in [-0.2, -0.15) is 0 Å². The molecule has 8 atom stereocenters. The fourth-order valence-electron chi connectivity index (χ4n) is 7.98. The van der Waals surface area contributed by atoms with Gasteiger partial charge in [-0.25, -0.2) is 0 Å². The number of carbonyl (C=O) groups is 3. The van der Waals surface area contributed by atoms with Crippen LogP contribution in [0.25, 0.3) is 0 Å². The molecule has 3 aliphatic rings. The molecular weight excluding hydrogens is 572 g/mol. The van der Waals surface area contributed by atoms with Crippen molar-refractivity contribution >= 4 is 51.6 Å². The molecule has 2 aromatic rings. The molecule has 0 aliphatic heterocycles. The van der Waals surface area contributed by atoms with E-state index in [1.807, 2.05) is 6.92 Å². The second-order valence-electron chi connectivity index (χ2n) is 12.8. The van der Waals surface area contributed by atoms with Crippen molar-refractivity contribution in [3.05, 3.63) is 42.5 Å². The number of aliphatic hydroxyl groups excluding tert-OH is 1. The quantitative estimate of drug-likeness (QED) is 0.124. The summed E-state index contributed by atoms with van der Waals surface area (Å²) in [6, 6.07) is 6.63. The molecule has 0 spiro atoms. The van der Waals surface area contributed by atoms with Gasteiger partial charge in [-0.3, -0.25) is 19.7 Å². The van der Waals surface area contributed by atoms with E-state index in [0.29, 0.717) is 33.6 Å². The lowest BCUT2D eigenvalue weighted by atomic mass is 9.44. The molecule has 3 fully saturated rings. The van der Waals surface area contributed by atoms with Crippen molar-refractivity contribution in [1.29, 1.82) is 0 Å². The predicted molar refractivity (Wildman–Crippen MR) is 164 cm³/mol. The maximum absolute atomic E-state index is 13.5. The Hall–Kier alpha value is -2.76. The zero-order chi connectivity index (χ0) is 30.4. The smallest absolute Gasteiger partial charge is 0.316 e. The summed E-state index contributed by atoms with van der Waals surface area (Å²) in [6.45, 7) is 12.4. The lowest BCUT2D eigenvalue weighted by molar-refractivity contribution is -0.205. The van der Waals surface area contributed by atoms with Gasteiger partial charge in [0.05, 0.1) is 11.9 Å². The van der Waals surface area contributed by atoms with Gasteiger partial charge < -0.3 is 15.6 Å². The van der Waals surface area contributed by atoms with E-state index in [1.54, 1.807) is 30.3 Å². The van der Waals surface area contributed by atoms with Crippen molar-refractivity contribution in [3.63, 3.8) is 0 Å². The number of benzene rings is 1. The first kappa shape index (κ1) is 30.7. The summed E-state index contributed by atoms with van der Waals surface area (Å²) in [5, 5.41) is 22.8. The van der Waals surface area contributed by atoms with Crippen LogP contribution in [0.15, 0.2) is 41.3 Å². The molecule has 1 amide bonds. The molecule has 1 aromatic heterocycles. The van der Waals surface area contributed by atoms with E-state index in [-0.39, 0.29) is 40.6 Å². The maximum atomic E-state index is 13.5. The molecule has 3 aliphatic carbocycles. The number of rotatable bonds is 7. The summed E-state index contributed by atoms with van der Waals surface area (Å²) in [4.78, 5) is 39.4. The van der Waals surface area contributed by atoms with Gasteiger partial charge in [-0.15, -0.1) is 16.8 Å². The third kappa shape index (κ3) is 5.17. The van der Waals surface area contributed by atoms with E-state index < -0.39 is 29.0 Å². The van der Waals surface area contributed by atoms with E-state index in [1.165, 1.54) is 11.8 Å². The van der Waals surface area contributed by atoms with Gasteiger partial charge in [0.1, 0.15) is 11.9 Å². The standard InChI is InChI=1S/C31H40N4O5S2/c1-6-29(4)15-22(30(5)17(2)10-12-31(18(3)25(29)38)13-11-21(36)24(30)31)40-23(37)16-41-28-35-34-27(42-28)33-26(39)19-8-7-9-20(32)14-19/h6-9,14,17-18,22,24-25,38H,1,10-13,15-16,32H2,2-5H3,(H,33,34,39)/t17-,18+,22-,24+,25+,29-,30+,31+/m1/s1. The van der Waals surface area contributed by atoms with E-state index in [0.717, 1.165) is 30.6 Å². The number of ketones is 1. The van der Waals surface area contributed by atoms with Gasteiger partial charge >= 0.3 is 5.97 Å². The number of anilines is 2. The largest absolute Gasteiger partial charge is 0.461 e. The third-order valence-corrected chi connectivity index (χ3v) is 12.6. The van der Waals surface area contributed by atoms with Crippen molar-refractivity contribution in [3.8, 4) is 0 Å². The molecule has 9 nitrogen and oxygen atoms in total. The molecule has 4 N–H and O–H groups in total. The van der Waals surface area contributed by atoms with Crippen molar-refractivity contribution in [2.24, 2.45) is 34.0 Å². The van der Waals surface area contributed by atoms with Crippen molar-refractivity contribution in [2.75, 3.05) is 16.8 Å². The van der Waals surface area contributed by atoms with Crippen LogP contribution in [0.3, 0.4) is 0 Å². The number of hydrogen-bond acceptors (Lipinski definition) is 10. The lowest BCUT2D eigenvalue weighted by Crippen LogP contribution is -2.63. The zero-order valence-corrected chi connectivity index (χ0v) is 26.2. The number of thioether (sulfide) groups is 1. The average molecular weight is 613 g/mol. The first-order valence-electron chi connectivity index (χ1n) is 14.5. The Labute approximate surface area is 255 Å². The Morgan fingerprint density at radius 2 is 2.05 bits per heavy atom. The van der Waals surface area contributed by atoms with Gasteiger partial charge in [0, 0.05) is 34.4 Å². The molecule has 1 heterocycles. The van der Waals surface area contributed by atoms with Crippen LogP contribution in [0.2, 0.25) is 0 Å². The number of nitrogens with two attached hydrogens (primary N) is 1. The first-order chi connectivity index (χ1) is 19.8. The van der Waals surface area contributed by atoms with Crippen molar-refractivity contribution in [2.45, 2.75) is 76.3 Å². The number of aliphatic hydroxyl groups is 1. The van der Waals surface area contributed by atoms with Crippen molar-refractivity contribution < 1.29 is 24.2 Å². The summed E-state index contributed by atoms with van der Waals surface area (Å²) >= 11 is 2.35. The summed E-state index contributed by atoms with van der Waals surface area (Å²) in [6.07, 6.45) is 3.96. The van der Waals surface area contributed by atoms with Crippen LogP contribution in [0.5, 0.6) is 0 Å². The van der Waals surface area contributed by atoms with E-state index in [4.69, 9.17) is 10.5 Å². The maximum Gasteiger partial charge on any atom is 0.316 e. The Balaban J connectivity index is 1.32. The Morgan fingerprint density at radius 3 is 2.76 bits per heavy atom. The van der Waals surface area contributed by atoms with Crippen LogP contribution in [0, 0.1) is 34.0 Å². The molecule has 0 saturated heterocycles. The number of nitrogen functional groups attached to an aromatic ring is 1. The van der Waals surface area contributed by atoms with Gasteiger partial charge in [-0.05, 0) is 61.1 Å². The fourth-order valence-corrected chi connectivity index (χ4v) is 9.51. The SMILES string of the molecule is C=C[C@]1(C)C[C@@H](OC(=O)CSc2nnc(NC(=O)c3cccc(N)c3)s2)[C@]2(C)[C@H](C)CC[C@]3(CCC(=O)[C@H]32)[C@@H](C)[C@@H]1O. The third-order valence-electron chi connectivity index (χ3n) is 10.7. The molecule has 3 saturated carbocycles. The van der Waals surface area contributed by atoms with Gasteiger partial charge in [0.15, 0.2) is 4.34 Å². The highest BCUT2D eigenvalue weighted by Gasteiger charge is 2.68. The highest BCUT2D eigenvalue weighted by Crippen LogP contribution is 2.68. The second-order valence-corrected chi connectivity index (χ2v) is 15.0. The van der Waals surface area contributed by atoms with Crippen LogP contribution < -0.4 is 11.1 Å².